The lowest BCUT2D eigenvalue weighted by Crippen LogP contribution is -2.16. The van der Waals surface area contributed by atoms with Crippen molar-refractivity contribution in [2.75, 3.05) is 14.2 Å². The van der Waals surface area contributed by atoms with Gasteiger partial charge in [0, 0.05) is 11.9 Å². The van der Waals surface area contributed by atoms with E-state index < -0.39 is 0 Å². The van der Waals surface area contributed by atoms with Gasteiger partial charge in [0.25, 0.3) is 0 Å². The average molecular weight is 186 g/mol. The van der Waals surface area contributed by atoms with Gasteiger partial charge in [-0.3, -0.25) is 0 Å². The Morgan fingerprint density at radius 1 is 1.50 bits per heavy atom. The van der Waals surface area contributed by atoms with Crippen molar-refractivity contribution in [2.24, 2.45) is 0 Å². The van der Waals surface area contributed by atoms with E-state index in [9.17, 15) is 0 Å². The first-order chi connectivity index (χ1) is 5.63. The first kappa shape index (κ1) is 9.64. The molecule has 12 heavy (non-hydrogen) atoms. The summed E-state index contributed by atoms with van der Waals surface area (Å²) < 4.78 is 0. The van der Waals surface area contributed by atoms with Crippen molar-refractivity contribution in [1.82, 2.24) is 10.0 Å². The predicted molar refractivity (Wildman–Crippen MR) is 50.1 cm³/mol. The van der Waals surface area contributed by atoms with Crippen molar-refractivity contribution in [2.45, 2.75) is 20.4 Å². The number of aromatic nitrogens is 1. The van der Waals surface area contributed by atoms with Gasteiger partial charge >= 0.3 is 0 Å². The highest BCUT2D eigenvalue weighted by Gasteiger charge is 2.06. The molecule has 4 heteroatoms. The van der Waals surface area contributed by atoms with Crippen LogP contribution < -0.4 is 0 Å². The minimum atomic E-state index is 0.757. The van der Waals surface area contributed by atoms with E-state index in [2.05, 4.69) is 11.9 Å². The highest BCUT2D eigenvalue weighted by molar-refractivity contribution is 7.11. The number of hydrogen-bond acceptors (Lipinski definition) is 4. The molecule has 3 nitrogen and oxygen atoms in total. The third-order valence-electron chi connectivity index (χ3n) is 1.68. The van der Waals surface area contributed by atoms with E-state index in [1.807, 2.05) is 14.0 Å². The van der Waals surface area contributed by atoms with Gasteiger partial charge in [0.15, 0.2) is 0 Å². The number of hydroxylamine groups is 2. The maximum Gasteiger partial charge on any atom is 0.0900 e. The molecular formula is C8H14N2OS. The molecule has 1 rings (SSSR count). The Labute approximate surface area is 76.9 Å². The third-order valence-corrected chi connectivity index (χ3v) is 2.61. The van der Waals surface area contributed by atoms with Crippen molar-refractivity contribution >= 4 is 11.3 Å². The van der Waals surface area contributed by atoms with Gasteiger partial charge in [-0.05, 0) is 13.8 Å². The Kier molecular flexibility index (Phi) is 3.20. The molecule has 0 unspecified atom stereocenters. The van der Waals surface area contributed by atoms with Gasteiger partial charge < -0.3 is 4.84 Å². The molecule has 0 N–H and O–H groups in total. The highest BCUT2D eigenvalue weighted by atomic mass is 32.1. The van der Waals surface area contributed by atoms with Gasteiger partial charge in [0.2, 0.25) is 0 Å². The van der Waals surface area contributed by atoms with Crippen LogP contribution in [-0.4, -0.2) is 24.2 Å². The number of thiazole rings is 1. The number of nitrogens with zero attached hydrogens (tertiary/aromatic N) is 2. The molecule has 0 saturated carbocycles. The normalized spacial score (nSPS) is 11.1. The van der Waals surface area contributed by atoms with Crippen LogP contribution in [0.3, 0.4) is 0 Å². The molecule has 0 amide bonds. The maximum absolute atomic E-state index is 5.02. The second-order valence-electron chi connectivity index (χ2n) is 2.70. The van der Waals surface area contributed by atoms with Crippen LogP contribution in [0.25, 0.3) is 0 Å². The van der Waals surface area contributed by atoms with Gasteiger partial charge in [-0.15, -0.1) is 11.3 Å². The summed E-state index contributed by atoms with van der Waals surface area (Å²) in [6.45, 7) is 4.87. The van der Waals surface area contributed by atoms with Crippen molar-refractivity contribution < 1.29 is 4.84 Å². The summed E-state index contributed by atoms with van der Waals surface area (Å²) in [5, 5.41) is 2.88. The summed E-state index contributed by atoms with van der Waals surface area (Å²) in [5.41, 5.74) is 1.11. The minimum absolute atomic E-state index is 0.757. The van der Waals surface area contributed by atoms with Crippen LogP contribution in [0.4, 0.5) is 0 Å². The quantitative estimate of drug-likeness (QED) is 0.672. The van der Waals surface area contributed by atoms with Gasteiger partial charge in [-0.1, -0.05) is 0 Å². The Balaban J connectivity index is 2.68. The van der Waals surface area contributed by atoms with E-state index in [-0.39, 0.29) is 0 Å². The maximum atomic E-state index is 5.02. The van der Waals surface area contributed by atoms with E-state index in [0.717, 1.165) is 17.2 Å². The summed E-state index contributed by atoms with van der Waals surface area (Å²) in [6, 6.07) is 0. The van der Waals surface area contributed by atoms with Gasteiger partial charge in [-0.2, -0.15) is 5.06 Å². The molecule has 0 radical (unpaired) electrons. The van der Waals surface area contributed by atoms with Crippen molar-refractivity contribution in [3.05, 3.63) is 15.6 Å². The largest absolute Gasteiger partial charge is 0.302 e. The molecule has 0 aromatic carbocycles. The molecule has 0 atom stereocenters. The van der Waals surface area contributed by atoms with Crippen LogP contribution in [0.15, 0.2) is 0 Å². The zero-order chi connectivity index (χ0) is 9.14. The van der Waals surface area contributed by atoms with Crippen LogP contribution >= 0.6 is 11.3 Å². The zero-order valence-electron chi connectivity index (χ0n) is 7.92. The third kappa shape index (κ3) is 2.27. The number of hydrogen-bond donors (Lipinski definition) is 0. The molecule has 1 aromatic rings. The van der Waals surface area contributed by atoms with Crippen molar-refractivity contribution in [1.29, 1.82) is 0 Å². The van der Waals surface area contributed by atoms with Crippen LogP contribution in [-0.2, 0) is 11.4 Å². The second kappa shape index (κ2) is 3.98. The summed E-state index contributed by atoms with van der Waals surface area (Å²) in [6.07, 6.45) is 0. The molecule has 0 bridgehead atoms. The lowest BCUT2D eigenvalue weighted by Gasteiger charge is -2.11. The second-order valence-corrected chi connectivity index (χ2v) is 4.11. The fourth-order valence-corrected chi connectivity index (χ4v) is 1.82. The molecule has 0 saturated heterocycles. The van der Waals surface area contributed by atoms with Gasteiger partial charge in [0.1, 0.15) is 0 Å². The SMILES string of the molecule is CON(C)Cc1nc(C)sc1C. The minimum Gasteiger partial charge on any atom is -0.302 e. The van der Waals surface area contributed by atoms with Crippen LogP contribution in [0, 0.1) is 13.8 Å². The van der Waals surface area contributed by atoms with Crippen molar-refractivity contribution in [3.8, 4) is 0 Å². The standard InChI is InChI=1S/C8H14N2OS/c1-6-8(5-10(3)11-4)9-7(2)12-6/h5H2,1-4H3. The smallest absolute Gasteiger partial charge is 0.0900 e. The number of rotatable bonds is 3. The van der Waals surface area contributed by atoms with Crippen LogP contribution in [0.2, 0.25) is 0 Å². The Bertz CT molecular complexity index is 260. The van der Waals surface area contributed by atoms with E-state index in [1.165, 1.54) is 4.88 Å². The monoisotopic (exact) mass is 186 g/mol. The highest BCUT2D eigenvalue weighted by Crippen LogP contribution is 2.17. The Morgan fingerprint density at radius 2 is 2.17 bits per heavy atom. The summed E-state index contributed by atoms with van der Waals surface area (Å²) in [4.78, 5) is 10.7. The Hall–Kier alpha value is -0.450. The molecule has 0 aliphatic rings. The predicted octanol–water partition coefficient (Wildman–Crippen LogP) is 1.75. The lowest BCUT2D eigenvalue weighted by atomic mass is 10.4. The molecule has 1 aromatic heterocycles. The summed E-state index contributed by atoms with van der Waals surface area (Å²) in [7, 11) is 3.56. The van der Waals surface area contributed by atoms with Crippen LogP contribution in [0.1, 0.15) is 15.6 Å². The topological polar surface area (TPSA) is 25.4 Å². The molecule has 0 fully saturated rings. The molecule has 0 spiro atoms. The van der Waals surface area contributed by atoms with Gasteiger partial charge in [0.05, 0.1) is 24.4 Å². The summed E-state index contributed by atoms with van der Waals surface area (Å²) in [5.74, 6) is 0. The fraction of sp³-hybridized carbons (Fsp3) is 0.625. The molecule has 0 aliphatic heterocycles. The molecule has 68 valence electrons. The molecule has 0 aliphatic carbocycles. The lowest BCUT2D eigenvalue weighted by molar-refractivity contribution is -0.117. The fourth-order valence-electron chi connectivity index (χ4n) is 0.994. The number of aryl methyl sites for hydroxylation is 2. The van der Waals surface area contributed by atoms with E-state index in [1.54, 1.807) is 23.5 Å². The first-order valence-electron chi connectivity index (χ1n) is 3.81. The molecular weight excluding hydrogens is 172 g/mol. The van der Waals surface area contributed by atoms with Crippen LogP contribution in [0.5, 0.6) is 0 Å². The molecule has 1 heterocycles. The summed E-state index contributed by atoms with van der Waals surface area (Å²) >= 11 is 1.73. The average Bonchev–Trinajstić information content (AvgIpc) is 2.30. The van der Waals surface area contributed by atoms with Crippen molar-refractivity contribution in [3.63, 3.8) is 0 Å². The van der Waals surface area contributed by atoms with E-state index >= 15 is 0 Å². The Morgan fingerprint density at radius 3 is 2.58 bits per heavy atom. The van der Waals surface area contributed by atoms with E-state index in [4.69, 9.17) is 4.84 Å². The first-order valence-corrected chi connectivity index (χ1v) is 4.63. The zero-order valence-corrected chi connectivity index (χ0v) is 8.73. The van der Waals surface area contributed by atoms with E-state index in [0.29, 0.717) is 0 Å². The van der Waals surface area contributed by atoms with Gasteiger partial charge in [-0.25, -0.2) is 4.98 Å².